The normalized spacial score (nSPS) is 30.1. The molecule has 0 aromatic carbocycles. The van der Waals surface area contributed by atoms with Crippen LogP contribution in [-0.4, -0.2) is 42.8 Å². The SMILES string of the molecule is CNC(c1c(Br)cnn1CCOC)C1CC2CCC1O2. The van der Waals surface area contributed by atoms with E-state index in [1.165, 1.54) is 18.5 Å². The number of hydrogen-bond donors (Lipinski definition) is 1. The van der Waals surface area contributed by atoms with Crippen LogP contribution in [0.1, 0.15) is 31.0 Å². The molecule has 1 aromatic heterocycles. The van der Waals surface area contributed by atoms with Crippen molar-refractivity contribution in [1.82, 2.24) is 15.1 Å². The fraction of sp³-hybridized carbons (Fsp3) is 0.786. The zero-order valence-electron chi connectivity index (χ0n) is 12.0. The third-order valence-corrected chi connectivity index (χ3v) is 5.14. The molecule has 2 bridgehead atoms. The molecular weight excluding hydrogens is 322 g/mol. The van der Waals surface area contributed by atoms with Crippen molar-refractivity contribution in [2.24, 2.45) is 5.92 Å². The first kappa shape index (κ1) is 14.5. The molecule has 1 N–H and O–H groups in total. The Bertz CT molecular complexity index is 465. The predicted octanol–water partition coefficient (Wildman–Crippen LogP) is 2.12. The molecule has 5 nitrogen and oxygen atoms in total. The molecule has 0 radical (unpaired) electrons. The second kappa shape index (κ2) is 6.13. The first-order chi connectivity index (χ1) is 9.74. The van der Waals surface area contributed by atoms with Crippen molar-refractivity contribution >= 4 is 15.9 Å². The van der Waals surface area contributed by atoms with Gasteiger partial charge >= 0.3 is 0 Å². The molecule has 20 heavy (non-hydrogen) atoms. The fourth-order valence-electron chi connectivity index (χ4n) is 3.62. The quantitative estimate of drug-likeness (QED) is 0.859. The minimum Gasteiger partial charge on any atom is -0.383 e. The molecule has 6 heteroatoms. The van der Waals surface area contributed by atoms with E-state index in [2.05, 4.69) is 26.3 Å². The highest BCUT2D eigenvalue weighted by molar-refractivity contribution is 9.10. The third-order valence-electron chi connectivity index (χ3n) is 4.53. The summed E-state index contributed by atoms with van der Waals surface area (Å²) in [5.41, 5.74) is 1.21. The van der Waals surface area contributed by atoms with Gasteiger partial charge in [-0.2, -0.15) is 5.10 Å². The molecule has 3 heterocycles. The molecule has 0 spiro atoms. The summed E-state index contributed by atoms with van der Waals surface area (Å²) < 4.78 is 14.3. The summed E-state index contributed by atoms with van der Waals surface area (Å²) in [6.07, 6.45) is 6.31. The summed E-state index contributed by atoms with van der Waals surface area (Å²) in [6, 6.07) is 0.277. The molecule has 112 valence electrons. The van der Waals surface area contributed by atoms with Gasteiger partial charge in [-0.15, -0.1) is 0 Å². The van der Waals surface area contributed by atoms with Crippen LogP contribution in [0.25, 0.3) is 0 Å². The predicted molar refractivity (Wildman–Crippen MR) is 79.6 cm³/mol. The Morgan fingerprint density at radius 3 is 3.05 bits per heavy atom. The highest BCUT2D eigenvalue weighted by Gasteiger charge is 2.45. The summed E-state index contributed by atoms with van der Waals surface area (Å²) >= 11 is 3.65. The van der Waals surface area contributed by atoms with E-state index in [0.29, 0.717) is 24.7 Å². The molecule has 1 aromatic rings. The molecule has 4 atom stereocenters. The second-order valence-corrected chi connectivity index (χ2v) is 6.49. The van der Waals surface area contributed by atoms with Gasteiger partial charge < -0.3 is 14.8 Å². The Morgan fingerprint density at radius 1 is 1.60 bits per heavy atom. The van der Waals surface area contributed by atoms with Crippen LogP contribution in [0, 0.1) is 5.92 Å². The first-order valence-corrected chi connectivity index (χ1v) is 8.06. The van der Waals surface area contributed by atoms with Crippen LogP contribution < -0.4 is 5.32 Å². The van der Waals surface area contributed by atoms with Crippen molar-refractivity contribution in [3.8, 4) is 0 Å². The van der Waals surface area contributed by atoms with E-state index in [0.717, 1.165) is 17.4 Å². The van der Waals surface area contributed by atoms with Gasteiger partial charge in [0.1, 0.15) is 0 Å². The average Bonchev–Trinajstić information content (AvgIpc) is 3.15. The van der Waals surface area contributed by atoms with E-state index < -0.39 is 0 Å². The first-order valence-electron chi connectivity index (χ1n) is 7.27. The van der Waals surface area contributed by atoms with Gasteiger partial charge in [0.2, 0.25) is 0 Å². The molecule has 2 fully saturated rings. The average molecular weight is 344 g/mol. The summed E-state index contributed by atoms with van der Waals surface area (Å²) in [5, 5.41) is 7.94. The van der Waals surface area contributed by atoms with Crippen LogP contribution in [0.15, 0.2) is 10.7 Å². The van der Waals surface area contributed by atoms with E-state index in [1.54, 1.807) is 7.11 Å². The number of ether oxygens (including phenoxy) is 2. The minimum atomic E-state index is 0.277. The van der Waals surface area contributed by atoms with Crippen molar-refractivity contribution in [1.29, 1.82) is 0 Å². The fourth-order valence-corrected chi connectivity index (χ4v) is 4.16. The second-order valence-electron chi connectivity index (χ2n) is 5.63. The molecule has 0 saturated carbocycles. The maximum atomic E-state index is 6.02. The number of halogens is 1. The Hall–Kier alpha value is -0.430. The molecule has 3 rings (SSSR count). The lowest BCUT2D eigenvalue weighted by Gasteiger charge is -2.29. The highest BCUT2D eigenvalue weighted by atomic mass is 79.9. The van der Waals surface area contributed by atoms with Crippen LogP contribution in [0.2, 0.25) is 0 Å². The Labute approximate surface area is 128 Å². The molecule has 2 aliphatic rings. The van der Waals surface area contributed by atoms with Crippen LogP contribution in [0.3, 0.4) is 0 Å². The number of aromatic nitrogens is 2. The lowest BCUT2D eigenvalue weighted by molar-refractivity contribution is 0.0853. The topological polar surface area (TPSA) is 48.3 Å². The smallest absolute Gasteiger partial charge is 0.0700 e. The zero-order chi connectivity index (χ0) is 14.1. The molecule has 0 aliphatic carbocycles. The van der Waals surface area contributed by atoms with E-state index in [-0.39, 0.29) is 6.04 Å². The van der Waals surface area contributed by atoms with Crippen molar-refractivity contribution in [2.45, 2.75) is 44.1 Å². The number of fused-ring (bicyclic) bond motifs is 2. The van der Waals surface area contributed by atoms with Gasteiger partial charge in [-0.25, -0.2) is 0 Å². The summed E-state index contributed by atoms with van der Waals surface area (Å²) in [4.78, 5) is 0. The van der Waals surface area contributed by atoms with Crippen molar-refractivity contribution in [3.05, 3.63) is 16.4 Å². The number of methoxy groups -OCH3 is 1. The van der Waals surface area contributed by atoms with Crippen LogP contribution >= 0.6 is 15.9 Å². The number of nitrogens with zero attached hydrogens (tertiary/aromatic N) is 2. The number of hydrogen-bond acceptors (Lipinski definition) is 4. The maximum absolute atomic E-state index is 6.02. The number of nitrogens with one attached hydrogen (secondary N) is 1. The number of rotatable bonds is 6. The van der Waals surface area contributed by atoms with Gasteiger partial charge in [-0.3, -0.25) is 4.68 Å². The lowest BCUT2D eigenvalue weighted by atomic mass is 9.82. The van der Waals surface area contributed by atoms with Gasteiger partial charge in [0.15, 0.2) is 0 Å². The molecule has 2 aliphatic heterocycles. The van der Waals surface area contributed by atoms with Crippen LogP contribution in [0.5, 0.6) is 0 Å². The van der Waals surface area contributed by atoms with Gasteiger partial charge in [-0.05, 0) is 42.2 Å². The third kappa shape index (κ3) is 2.54. The Kier molecular flexibility index (Phi) is 4.45. The van der Waals surface area contributed by atoms with E-state index in [4.69, 9.17) is 9.47 Å². The standard InChI is InChI=1S/C14H22BrN3O2/c1-16-13(10-7-9-3-4-12(10)20-9)14-11(15)8-17-18(14)5-6-19-2/h8-10,12-13,16H,3-7H2,1-2H3. The molecule has 2 saturated heterocycles. The minimum absolute atomic E-state index is 0.277. The van der Waals surface area contributed by atoms with Crippen LogP contribution in [0.4, 0.5) is 0 Å². The van der Waals surface area contributed by atoms with Crippen LogP contribution in [-0.2, 0) is 16.0 Å². The van der Waals surface area contributed by atoms with E-state index >= 15 is 0 Å². The summed E-state index contributed by atoms with van der Waals surface area (Å²) in [6.45, 7) is 1.45. The molecular formula is C14H22BrN3O2. The van der Waals surface area contributed by atoms with Gasteiger partial charge in [0.25, 0.3) is 0 Å². The largest absolute Gasteiger partial charge is 0.383 e. The van der Waals surface area contributed by atoms with E-state index in [1.807, 2.05) is 17.9 Å². The van der Waals surface area contributed by atoms with Gasteiger partial charge in [0, 0.05) is 13.0 Å². The van der Waals surface area contributed by atoms with Gasteiger partial charge in [-0.1, -0.05) is 0 Å². The highest BCUT2D eigenvalue weighted by Crippen LogP contribution is 2.45. The maximum Gasteiger partial charge on any atom is 0.0700 e. The lowest BCUT2D eigenvalue weighted by Crippen LogP contribution is -2.34. The Morgan fingerprint density at radius 2 is 2.45 bits per heavy atom. The Balaban J connectivity index is 1.83. The van der Waals surface area contributed by atoms with Crippen molar-refractivity contribution in [3.63, 3.8) is 0 Å². The van der Waals surface area contributed by atoms with Crippen molar-refractivity contribution < 1.29 is 9.47 Å². The van der Waals surface area contributed by atoms with E-state index in [9.17, 15) is 0 Å². The molecule has 0 amide bonds. The zero-order valence-corrected chi connectivity index (χ0v) is 13.6. The summed E-state index contributed by atoms with van der Waals surface area (Å²) in [5.74, 6) is 0.535. The monoisotopic (exact) mass is 343 g/mol. The van der Waals surface area contributed by atoms with Gasteiger partial charge in [0.05, 0.1) is 47.8 Å². The van der Waals surface area contributed by atoms with Crippen molar-refractivity contribution in [2.75, 3.05) is 20.8 Å². The molecule has 4 unspecified atom stereocenters. The summed E-state index contributed by atoms with van der Waals surface area (Å²) in [7, 11) is 3.74.